The molecular weight excluding hydrogens is 290 g/mol. The molecule has 0 bridgehead atoms. The van der Waals surface area contributed by atoms with Crippen LogP contribution in [0.3, 0.4) is 0 Å². The number of ketones is 1. The van der Waals surface area contributed by atoms with E-state index in [1.54, 1.807) is 13.8 Å². The van der Waals surface area contributed by atoms with Gasteiger partial charge in [-0.2, -0.15) is 0 Å². The van der Waals surface area contributed by atoms with Gasteiger partial charge < -0.3 is 15.4 Å². The highest BCUT2D eigenvalue weighted by Crippen LogP contribution is 2.20. The lowest BCUT2D eigenvalue weighted by Gasteiger charge is -2.27. The van der Waals surface area contributed by atoms with Gasteiger partial charge in [-0.05, 0) is 26.0 Å². The van der Waals surface area contributed by atoms with E-state index >= 15 is 0 Å². The number of nitro groups is 1. The molecule has 1 aliphatic heterocycles. The molecule has 1 aliphatic rings. The van der Waals surface area contributed by atoms with E-state index in [2.05, 4.69) is 10.6 Å². The summed E-state index contributed by atoms with van der Waals surface area (Å²) in [5.74, 6) is -0.363. The molecule has 8 nitrogen and oxygen atoms in total. The smallest absolute Gasteiger partial charge is 0.321 e. The number of nitrogens with one attached hydrogen (secondary N) is 2. The molecule has 0 saturated carbocycles. The fraction of sp³-hybridized carbons (Fsp3) is 0.286. The second-order valence-electron chi connectivity index (χ2n) is 4.61. The number of rotatable bonds is 5. The highest BCUT2D eigenvalue weighted by Gasteiger charge is 2.31. The number of allylic oxidation sites excluding steroid dienone is 1. The van der Waals surface area contributed by atoms with Crippen molar-refractivity contribution < 1.29 is 19.2 Å². The van der Waals surface area contributed by atoms with Crippen molar-refractivity contribution in [1.29, 1.82) is 0 Å². The van der Waals surface area contributed by atoms with Crippen LogP contribution in [0.15, 0.2) is 35.5 Å². The Morgan fingerprint density at radius 2 is 2.00 bits per heavy atom. The predicted molar refractivity (Wildman–Crippen MR) is 77.2 cm³/mol. The van der Waals surface area contributed by atoms with Crippen molar-refractivity contribution in [3.63, 3.8) is 0 Å². The first-order valence-electron chi connectivity index (χ1n) is 6.63. The van der Waals surface area contributed by atoms with E-state index in [-0.39, 0.29) is 22.6 Å². The molecule has 22 heavy (non-hydrogen) atoms. The van der Waals surface area contributed by atoms with Gasteiger partial charge in [0.15, 0.2) is 12.0 Å². The van der Waals surface area contributed by atoms with Gasteiger partial charge in [0.05, 0.1) is 10.5 Å². The molecule has 8 heteroatoms. The van der Waals surface area contributed by atoms with Crippen molar-refractivity contribution in [1.82, 2.24) is 10.6 Å². The van der Waals surface area contributed by atoms with E-state index < -0.39 is 17.2 Å². The molecule has 0 aliphatic carbocycles. The van der Waals surface area contributed by atoms with Crippen LogP contribution in [0.1, 0.15) is 24.2 Å². The van der Waals surface area contributed by atoms with Crippen molar-refractivity contribution in [2.24, 2.45) is 0 Å². The fourth-order valence-electron chi connectivity index (χ4n) is 2.13. The normalized spacial score (nSPS) is 17.7. The number of hydrogen-bond donors (Lipinski definition) is 2. The zero-order chi connectivity index (χ0) is 16.3. The molecule has 0 radical (unpaired) electrons. The molecular formula is C14H15N3O5. The lowest BCUT2D eigenvalue weighted by atomic mass is 9.99. The summed E-state index contributed by atoms with van der Waals surface area (Å²) in [5, 5.41) is 15.7. The third-order valence-electron chi connectivity index (χ3n) is 3.15. The number of non-ortho nitro benzene ring substituents is 1. The van der Waals surface area contributed by atoms with Crippen LogP contribution in [0.4, 0.5) is 10.5 Å². The first-order valence-corrected chi connectivity index (χ1v) is 6.63. The number of urea groups is 1. The molecule has 0 saturated heterocycles. The summed E-state index contributed by atoms with van der Waals surface area (Å²) >= 11 is 0. The summed E-state index contributed by atoms with van der Waals surface area (Å²) in [6, 6.07) is 4.82. The van der Waals surface area contributed by atoms with Crippen molar-refractivity contribution in [2.75, 3.05) is 6.61 Å². The van der Waals surface area contributed by atoms with Crippen molar-refractivity contribution in [3.05, 3.63) is 51.2 Å². The summed E-state index contributed by atoms with van der Waals surface area (Å²) in [6.45, 7) is 3.66. The molecule has 116 valence electrons. The average molecular weight is 305 g/mol. The third-order valence-corrected chi connectivity index (χ3v) is 3.15. The largest absolute Gasteiger partial charge is 0.354 e. The van der Waals surface area contributed by atoms with E-state index in [1.165, 1.54) is 24.3 Å². The molecule has 1 unspecified atom stereocenters. The molecule has 1 aromatic rings. The van der Waals surface area contributed by atoms with Gasteiger partial charge in [-0.25, -0.2) is 4.79 Å². The van der Waals surface area contributed by atoms with E-state index in [0.29, 0.717) is 12.3 Å². The zero-order valence-electron chi connectivity index (χ0n) is 12.1. The Morgan fingerprint density at radius 3 is 2.55 bits per heavy atom. The minimum Gasteiger partial charge on any atom is -0.354 e. The summed E-state index contributed by atoms with van der Waals surface area (Å²) in [6.07, 6.45) is -0.846. The van der Waals surface area contributed by atoms with Crippen LogP contribution in [-0.4, -0.2) is 29.6 Å². The van der Waals surface area contributed by atoms with Gasteiger partial charge in [0.1, 0.15) is 0 Å². The van der Waals surface area contributed by atoms with Crippen LogP contribution >= 0.6 is 0 Å². The van der Waals surface area contributed by atoms with Crippen molar-refractivity contribution in [3.8, 4) is 0 Å². The van der Waals surface area contributed by atoms with Crippen molar-refractivity contribution in [2.45, 2.75) is 20.1 Å². The van der Waals surface area contributed by atoms with Crippen LogP contribution in [0.2, 0.25) is 0 Å². The molecule has 1 aromatic carbocycles. The Hall–Kier alpha value is -2.74. The Kier molecular flexibility index (Phi) is 4.52. The maximum absolute atomic E-state index is 12.6. The second-order valence-corrected chi connectivity index (χ2v) is 4.61. The molecule has 0 spiro atoms. The Labute approximate surface area is 126 Å². The van der Waals surface area contributed by atoms with Crippen LogP contribution in [0, 0.1) is 10.1 Å². The molecule has 2 N–H and O–H groups in total. The minimum atomic E-state index is -0.846. The Balaban J connectivity index is 2.34. The maximum Gasteiger partial charge on any atom is 0.321 e. The van der Waals surface area contributed by atoms with Crippen LogP contribution < -0.4 is 10.6 Å². The van der Waals surface area contributed by atoms with Gasteiger partial charge in [0.2, 0.25) is 0 Å². The maximum atomic E-state index is 12.6. The van der Waals surface area contributed by atoms with Crippen LogP contribution in [0.25, 0.3) is 0 Å². The molecule has 2 amide bonds. The Morgan fingerprint density at radius 1 is 1.36 bits per heavy atom. The number of amides is 2. The van der Waals surface area contributed by atoms with Crippen molar-refractivity contribution >= 4 is 17.5 Å². The standard InChI is InChI=1S/C14H15N3O5/c1-3-22-13-11(8(2)15-14(19)16-13)12(18)9-4-6-10(7-5-9)17(20)21/h4-7,13H,3H2,1-2H3,(H2,15,16,19). The zero-order valence-corrected chi connectivity index (χ0v) is 12.1. The number of hydrogen-bond acceptors (Lipinski definition) is 5. The summed E-state index contributed by atoms with van der Waals surface area (Å²) in [4.78, 5) is 34.1. The molecule has 0 aromatic heterocycles. The third kappa shape index (κ3) is 3.12. The number of nitro benzene ring substituents is 1. The number of Topliss-reactive ketones (excluding diaryl/α,β-unsaturated/α-hetero) is 1. The Bertz CT molecular complexity index is 651. The van der Waals surface area contributed by atoms with Gasteiger partial charge in [0, 0.05) is 30.0 Å². The first-order chi connectivity index (χ1) is 10.4. The number of nitrogens with zero attached hydrogens (tertiary/aromatic N) is 1. The average Bonchev–Trinajstić information content (AvgIpc) is 2.46. The highest BCUT2D eigenvalue weighted by atomic mass is 16.6. The summed E-state index contributed by atoms with van der Waals surface area (Å²) in [5.41, 5.74) is 0.849. The molecule has 1 atom stereocenters. The van der Waals surface area contributed by atoms with Crippen LogP contribution in [0.5, 0.6) is 0 Å². The molecule has 2 rings (SSSR count). The van der Waals surface area contributed by atoms with E-state index in [4.69, 9.17) is 4.74 Å². The lowest BCUT2D eigenvalue weighted by Crippen LogP contribution is -2.50. The monoisotopic (exact) mass is 305 g/mol. The SMILES string of the molecule is CCOC1NC(=O)NC(C)=C1C(=O)c1ccc([N+](=O)[O-])cc1. The second kappa shape index (κ2) is 6.35. The summed E-state index contributed by atoms with van der Waals surface area (Å²) in [7, 11) is 0. The fourth-order valence-corrected chi connectivity index (χ4v) is 2.13. The van der Waals surface area contributed by atoms with Gasteiger partial charge in [-0.15, -0.1) is 0 Å². The van der Waals surface area contributed by atoms with Gasteiger partial charge in [0.25, 0.3) is 5.69 Å². The minimum absolute atomic E-state index is 0.0984. The number of carbonyl (C=O) groups excluding carboxylic acids is 2. The first kappa shape index (κ1) is 15.6. The predicted octanol–water partition coefficient (Wildman–Crippen LogP) is 1.73. The lowest BCUT2D eigenvalue weighted by molar-refractivity contribution is -0.384. The molecule has 0 fully saturated rings. The number of ether oxygens (including phenoxy) is 1. The van der Waals surface area contributed by atoms with E-state index in [0.717, 1.165) is 0 Å². The van der Waals surface area contributed by atoms with Gasteiger partial charge >= 0.3 is 6.03 Å². The quantitative estimate of drug-likeness (QED) is 0.489. The number of benzene rings is 1. The van der Waals surface area contributed by atoms with E-state index in [9.17, 15) is 19.7 Å². The molecule has 1 heterocycles. The van der Waals surface area contributed by atoms with Gasteiger partial charge in [-0.1, -0.05) is 0 Å². The van der Waals surface area contributed by atoms with Crippen LogP contribution in [-0.2, 0) is 4.74 Å². The topological polar surface area (TPSA) is 111 Å². The summed E-state index contributed by atoms with van der Waals surface area (Å²) < 4.78 is 5.38. The van der Waals surface area contributed by atoms with Gasteiger partial charge in [-0.3, -0.25) is 14.9 Å². The highest BCUT2D eigenvalue weighted by molar-refractivity contribution is 6.11. The van der Waals surface area contributed by atoms with E-state index in [1.807, 2.05) is 0 Å². The number of carbonyl (C=O) groups is 2.